The van der Waals surface area contributed by atoms with E-state index in [1.54, 1.807) is 18.3 Å². The molecule has 0 unspecified atom stereocenters. The molecule has 0 spiro atoms. The number of hydrogen-bond acceptors (Lipinski definition) is 7. The summed E-state index contributed by atoms with van der Waals surface area (Å²) < 4.78 is 14.7. The fourth-order valence-electron chi connectivity index (χ4n) is 3.35. The summed E-state index contributed by atoms with van der Waals surface area (Å²) in [6, 6.07) is 14.6. The van der Waals surface area contributed by atoms with Gasteiger partial charge in [-0.15, -0.1) is 5.10 Å². The first kappa shape index (κ1) is 18.8. The number of anilines is 1. The average Bonchev–Trinajstić information content (AvgIpc) is 3.44. The third-order valence-electron chi connectivity index (χ3n) is 4.87. The highest BCUT2D eigenvalue weighted by atomic mass is 19.1. The molecule has 0 aliphatic carbocycles. The summed E-state index contributed by atoms with van der Waals surface area (Å²) in [6.07, 6.45) is 3.08. The van der Waals surface area contributed by atoms with E-state index in [9.17, 15) is 9.50 Å². The molecule has 5 aromatic rings. The van der Waals surface area contributed by atoms with E-state index >= 15 is 0 Å². The van der Waals surface area contributed by atoms with E-state index in [-0.39, 0.29) is 6.61 Å². The number of pyridine rings is 2. The van der Waals surface area contributed by atoms with Crippen LogP contribution in [-0.2, 0) is 13.4 Å². The summed E-state index contributed by atoms with van der Waals surface area (Å²) in [5.41, 5.74) is 10.6. The predicted molar refractivity (Wildman–Crippen MR) is 113 cm³/mol. The molecule has 0 radical (unpaired) electrons. The molecule has 4 aromatic heterocycles. The van der Waals surface area contributed by atoms with E-state index in [2.05, 4.69) is 15.2 Å². The lowest BCUT2D eigenvalue weighted by Crippen LogP contribution is -2.02. The molecule has 4 heterocycles. The first-order valence-electron chi connectivity index (χ1n) is 9.45. The largest absolute Gasteiger partial charge is 0.392 e. The SMILES string of the molecule is Nc1ncccc1-c1nc2ccc(-c3cnn(CF)n3)nc2n1-c1ccc(CO)cc1. The lowest BCUT2D eigenvalue weighted by molar-refractivity contribution is 0.282. The van der Waals surface area contributed by atoms with E-state index in [0.717, 1.165) is 16.0 Å². The molecule has 31 heavy (non-hydrogen) atoms. The Bertz CT molecular complexity index is 1380. The zero-order chi connectivity index (χ0) is 21.4. The number of imidazole rings is 1. The summed E-state index contributed by atoms with van der Waals surface area (Å²) in [5.74, 6) is 0.923. The zero-order valence-corrected chi connectivity index (χ0v) is 16.2. The number of nitrogen functional groups attached to an aromatic ring is 1. The number of aromatic nitrogens is 7. The Kier molecular flexibility index (Phi) is 4.60. The quantitative estimate of drug-likeness (QED) is 0.452. The first-order valence-corrected chi connectivity index (χ1v) is 9.45. The van der Waals surface area contributed by atoms with Crippen LogP contribution in [0.2, 0.25) is 0 Å². The molecule has 0 amide bonds. The Morgan fingerprint density at radius 2 is 1.84 bits per heavy atom. The number of rotatable bonds is 5. The number of hydrogen-bond donors (Lipinski definition) is 2. The number of halogens is 1. The standard InChI is InChI=1S/C21H17FN8O/c22-12-29-25-10-18(28-29)16-7-8-17-21(26-16)30(14-5-3-13(11-31)4-6-14)20(27-17)15-2-1-9-24-19(15)23/h1-10,31H,11-12H2,(H2,23,24). The highest BCUT2D eigenvalue weighted by molar-refractivity contribution is 5.84. The summed E-state index contributed by atoms with van der Waals surface area (Å²) in [6.45, 7) is -0.873. The molecule has 0 saturated carbocycles. The van der Waals surface area contributed by atoms with Gasteiger partial charge in [0.15, 0.2) is 11.5 Å². The van der Waals surface area contributed by atoms with Crippen molar-refractivity contribution in [2.45, 2.75) is 13.4 Å². The van der Waals surface area contributed by atoms with E-state index < -0.39 is 6.80 Å². The van der Waals surface area contributed by atoms with Gasteiger partial charge in [-0.3, -0.25) is 4.57 Å². The summed E-state index contributed by atoms with van der Waals surface area (Å²) in [5, 5.41) is 17.4. The number of aliphatic hydroxyl groups excluding tert-OH is 1. The Labute approximate surface area is 175 Å². The van der Waals surface area contributed by atoms with E-state index in [1.807, 2.05) is 41.0 Å². The van der Waals surface area contributed by atoms with Crippen molar-refractivity contribution in [3.05, 3.63) is 66.5 Å². The van der Waals surface area contributed by atoms with Gasteiger partial charge < -0.3 is 10.8 Å². The fraction of sp³-hybridized carbons (Fsp3) is 0.0952. The predicted octanol–water partition coefficient (Wildman–Crippen LogP) is 2.74. The van der Waals surface area contributed by atoms with Gasteiger partial charge in [0.1, 0.15) is 17.0 Å². The molecule has 9 nitrogen and oxygen atoms in total. The van der Waals surface area contributed by atoms with Crippen molar-refractivity contribution in [1.29, 1.82) is 0 Å². The third-order valence-corrected chi connectivity index (χ3v) is 4.87. The lowest BCUT2D eigenvalue weighted by Gasteiger charge is -2.11. The van der Waals surface area contributed by atoms with Crippen molar-refractivity contribution in [2.75, 3.05) is 5.73 Å². The van der Waals surface area contributed by atoms with E-state index in [0.29, 0.717) is 39.8 Å². The second-order valence-corrected chi connectivity index (χ2v) is 6.79. The maximum absolute atomic E-state index is 12.9. The van der Waals surface area contributed by atoms with Crippen LogP contribution >= 0.6 is 0 Å². The van der Waals surface area contributed by atoms with Crippen LogP contribution in [-0.4, -0.2) is 39.6 Å². The Morgan fingerprint density at radius 3 is 2.55 bits per heavy atom. The van der Waals surface area contributed by atoms with Crippen LogP contribution in [0, 0.1) is 0 Å². The minimum absolute atomic E-state index is 0.0556. The number of nitrogens with two attached hydrogens (primary N) is 1. The van der Waals surface area contributed by atoms with Gasteiger partial charge >= 0.3 is 0 Å². The van der Waals surface area contributed by atoms with Gasteiger partial charge in [0.2, 0.25) is 6.80 Å². The van der Waals surface area contributed by atoms with E-state index in [1.165, 1.54) is 6.20 Å². The normalized spacial score (nSPS) is 11.3. The molecule has 10 heteroatoms. The van der Waals surface area contributed by atoms with Crippen molar-refractivity contribution in [3.8, 4) is 28.5 Å². The summed E-state index contributed by atoms with van der Waals surface area (Å²) in [7, 11) is 0. The van der Waals surface area contributed by atoms with E-state index in [4.69, 9.17) is 15.7 Å². The molecule has 3 N–H and O–H groups in total. The average molecular weight is 416 g/mol. The van der Waals surface area contributed by atoms with Crippen molar-refractivity contribution >= 4 is 17.0 Å². The summed E-state index contributed by atoms with van der Waals surface area (Å²) in [4.78, 5) is 14.6. The van der Waals surface area contributed by atoms with Gasteiger partial charge in [-0.2, -0.15) is 9.90 Å². The van der Waals surface area contributed by atoms with Gasteiger partial charge in [0, 0.05) is 11.9 Å². The molecular formula is C21H17FN8O. The molecule has 5 rings (SSSR count). The van der Waals surface area contributed by atoms with Crippen LogP contribution in [0.5, 0.6) is 0 Å². The topological polar surface area (TPSA) is 121 Å². The Morgan fingerprint density at radius 1 is 1.00 bits per heavy atom. The molecular weight excluding hydrogens is 399 g/mol. The molecule has 0 aliphatic heterocycles. The molecule has 0 saturated heterocycles. The molecule has 0 atom stereocenters. The summed E-state index contributed by atoms with van der Waals surface area (Å²) >= 11 is 0. The molecule has 0 bridgehead atoms. The molecule has 0 fully saturated rings. The van der Waals surface area contributed by atoms with Gasteiger partial charge in [-0.25, -0.2) is 19.3 Å². The van der Waals surface area contributed by atoms with Crippen LogP contribution in [0.3, 0.4) is 0 Å². The minimum Gasteiger partial charge on any atom is -0.392 e. The van der Waals surface area contributed by atoms with Gasteiger partial charge in [0.05, 0.1) is 24.1 Å². The Hall–Kier alpha value is -4.18. The Balaban J connectivity index is 1.76. The number of fused-ring (bicyclic) bond motifs is 1. The second-order valence-electron chi connectivity index (χ2n) is 6.79. The van der Waals surface area contributed by atoms with Crippen molar-refractivity contribution in [1.82, 2.24) is 34.5 Å². The van der Waals surface area contributed by atoms with Crippen molar-refractivity contribution < 1.29 is 9.50 Å². The van der Waals surface area contributed by atoms with Crippen LogP contribution in [0.15, 0.2) is 60.9 Å². The lowest BCUT2D eigenvalue weighted by atomic mass is 10.2. The highest BCUT2D eigenvalue weighted by Crippen LogP contribution is 2.31. The highest BCUT2D eigenvalue weighted by Gasteiger charge is 2.19. The van der Waals surface area contributed by atoms with Crippen molar-refractivity contribution in [3.63, 3.8) is 0 Å². The number of benzene rings is 1. The molecule has 0 aliphatic rings. The maximum atomic E-state index is 12.9. The number of nitrogens with zero attached hydrogens (tertiary/aromatic N) is 7. The number of alkyl halides is 1. The van der Waals surface area contributed by atoms with Gasteiger partial charge in [0.25, 0.3) is 0 Å². The fourth-order valence-corrected chi connectivity index (χ4v) is 3.35. The first-order chi connectivity index (χ1) is 15.2. The van der Waals surface area contributed by atoms with Crippen LogP contribution in [0.25, 0.3) is 39.6 Å². The second kappa shape index (κ2) is 7.58. The number of aliphatic hydroxyl groups is 1. The van der Waals surface area contributed by atoms with Gasteiger partial charge in [-0.1, -0.05) is 12.1 Å². The maximum Gasteiger partial charge on any atom is 0.200 e. The van der Waals surface area contributed by atoms with Crippen LogP contribution < -0.4 is 5.73 Å². The molecule has 1 aromatic carbocycles. The third kappa shape index (κ3) is 3.28. The minimum atomic E-state index is -0.818. The van der Waals surface area contributed by atoms with Crippen LogP contribution in [0.1, 0.15) is 5.56 Å². The zero-order valence-electron chi connectivity index (χ0n) is 16.2. The van der Waals surface area contributed by atoms with Crippen molar-refractivity contribution in [2.24, 2.45) is 0 Å². The molecule has 154 valence electrons. The smallest absolute Gasteiger partial charge is 0.200 e. The van der Waals surface area contributed by atoms with Crippen LogP contribution in [0.4, 0.5) is 10.2 Å². The van der Waals surface area contributed by atoms with Gasteiger partial charge in [-0.05, 0) is 42.0 Å². The monoisotopic (exact) mass is 416 g/mol.